The molecule has 0 radical (unpaired) electrons. The third kappa shape index (κ3) is 3.57. The normalized spacial score (nSPS) is 14.5. The van der Waals surface area contributed by atoms with Crippen molar-refractivity contribution in [1.82, 2.24) is 4.90 Å². The predicted molar refractivity (Wildman–Crippen MR) is 87.6 cm³/mol. The van der Waals surface area contributed by atoms with E-state index in [0.717, 1.165) is 17.8 Å². The summed E-state index contributed by atoms with van der Waals surface area (Å²) in [5, 5.41) is 10.7. The van der Waals surface area contributed by atoms with Crippen LogP contribution < -0.4 is 4.90 Å². The fourth-order valence-corrected chi connectivity index (χ4v) is 2.76. The van der Waals surface area contributed by atoms with Crippen molar-refractivity contribution in [3.8, 4) is 0 Å². The minimum Gasteiger partial charge on any atom is -0.368 e. The zero-order chi connectivity index (χ0) is 18.0. The van der Waals surface area contributed by atoms with Crippen molar-refractivity contribution in [2.75, 3.05) is 31.1 Å². The second kappa shape index (κ2) is 6.84. The van der Waals surface area contributed by atoms with Gasteiger partial charge in [-0.25, -0.2) is 8.78 Å². The van der Waals surface area contributed by atoms with E-state index in [1.54, 1.807) is 17.0 Å². The van der Waals surface area contributed by atoms with Crippen molar-refractivity contribution in [3.05, 3.63) is 69.8 Å². The number of amides is 1. The zero-order valence-corrected chi connectivity index (χ0v) is 13.2. The molecule has 1 heterocycles. The lowest BCUT2D eigenvalue weighted by Crippen LogP contribution is -2.48. The van der Waals surface area contributed by atoms with Crippen LogP contribution >= 0.6 is 0 Å². The number of nitro benzene ring substituents is 1. The van der Waals surface area contributed by atoms with Crippen molar-refractivity contribution in [3.63, 3.8) is 0 Å². The Morgan fingerprint density at radius 3 is 2.16 bits per heavy atom. The van der Waals surface area contributed by atoms with E-state index in [-0.39, 0.29) is 17.2 Å². The maximum atomic E-state index is 13.3. The number of carbonyl (C=O) groups is 1. The molecule has 0 aromatic heterocycles. The smallest absolute Gasteiger partial charge is 0.269 e. The Labute approximate surface area is 142 Å². The van der Waals surface area contributed by atoms with E-state index in [1.807, 2.05) is 4.90 Å². The summed E-state index contributed by atoms with van der Waals surface area (Å²) in [7, 11) is 0. The predicted octanol–water partition coefficient (Wildman–Crippen LogP) is 2.84. The average molecular weight is 347 g/mol. The Hall–Kier alpha value is -3.03. The van der Waals surface area contributed by atoms with Crippen LogP contribution in [0.5, 0.6) is 0 Å². The van der Waals surface area contributed by atoms with Gasteiger partial charge in [0.15, 0.2) is 11.6 Å². The van der Waals surface area contributed by atoms with Gasteiger partial charge in [0.25, 0.3) is 11.6 Å². The molecule has 0 bridgehead atoms. The molecule has 1 amide bonds. The van der Waals surface area contributed by atoms with Crippen molar-refractivity contribution in [1.29, 1.82) is 0 Å². The van der Waals surface area contributed by atoms with Gasteiger partial charge in [0.2, 0.25) is 0 Å². The number of carbonyl (C=O) groups excluding carboxylic acids is 1. The van der Waals surface area contributed by atoms with Crippen molar-refractivity contribution >= 4 is 17.3 Å². The molecule has 130 valence electrons. The Balaban J connectivity index is 1.64. The molecule has 0 unspecified atom stereocenters. The summed E-state index contributed by atoms with van der Waals surface area (Å²) in [5.41, 5.74) is 0.976. The number of non-ortho nitro benzene ring substituents is 1. The Kier molecular flexibility index (Phi) is 4.60. The largest absolute Gasteiger partial charge is 0.368 e. The average Bonchev–Trinajstić information content (AvgIpc) is 2.63. The molecule has 2 aromatic rings. The summed E-state index contributed by atoms with van der Waals surface area (Å²) in [6.45, 7) is 1.95. The number of piperazine rings is 1. The van der Waals surface area contributed by atoms with Gasteiger partial charge in [-0.15, -0.1) is 0 Å². The first-order chi connectivity index (χ1) is 12.0. The highest BCUT2D eigenvalue weighted by molar-refractivity contribution is 5.94. The van der Waals surface area contributed by atoms with Gasteiger partial charge >= 0.3 is 0 Å². The van der Waals surface area contributed by atoms with Crippen molar-refractivity contribution in [2.24, 2.45) is 0 Å². The lowest BCUT2D eigenvalue weighted by Gasteiger charge is -2.36. The molecule has 1 saturated heterocycles. The lowest BCUT2D eigenvalue weighted by molar-refractivity contribution is -0.384. The molecule has 0 aliphatic carbocycles. The Morgan fingerprint density at radius 2 is 1.60 bits per heavy atom. The van der Waals surface area contributed by atoms with Crippen LogP contribution in [0.4, 0.5) is 20.2 Å². The van der Waals surface area contributed by atoms with Gasteiger partial charge in [-0.1, -0.05) is 0 Å². The zero-order valence-electron chi connectivity index (χ0n) is 13.2. The molecule has 0 atom stereocenters. The first-order valence-corrected chi connectivity index (χ1v) is 7.69. The number of anilines is 1. The van der Waals surface area contributed by atoms with Crippen LogP contribution in [-0.2, 0) is 0 Å². The van der Waals surface area contributed by atoms with Crippen LogP contribution in [0.2, 0.25) is 0 Å². The van der Waals surface area contributed by atoms with Gasteiger partial charge in [-0.3, -0.25) is 14.9 Å². The molecule has 0 N–H and O–H groups in total. The van der Waals surface area contributed by atoms with Crippen LogP contribution in [0.3, 0.4) is 0 Å². The first-order valence-electron chi connectivity index (χ1n) is 7.69. The molecular formula is C17H15F2N3O3. The maximum Gasteiger partial charge on any atom is 0.269 e. The summed E-state index contributed by atoms with van der Waals surface area (Å²) < 4.78 is 26.3. The Morgan fingerprint density at radius 1 is 0.960 bits per heavy atom. The highest BCUT2D eigenvalue weighted by atomic mass is 19.2. The molecule has 25 heavy (non-hydrogen) atoms. The van der Waals surface area contributed by atoms with E-state index in [2.05, 4.69) is 0 Å². The standard InChI is InChI=1S/C17H15F2N3O3/c18-15-6-1-12(11-16(15)19)17(23)21-9-7-20(8-10-21)13-2-4-14(5-3-13)22(24)25/h1-6,11H,7-10H2. The maximum absolute atomic E-state index is 13.3. The fourth-order valence-electron chi connectivity index (χ4n) is 2.76. The topological polar surface area (TPSA) is 66.7 Å². The van der Waals surface area contributed by atoms with Gasteiger partial charge in [0, 0.05) is 49.6 Å². The van der Waals surface area contributed by atoms with Crippen LogP contribution in [0.1, 0.15) is 10.4 Å². The summed E-state index contributed by atoms with van der Waals surface area (Å²) in [5.74, 6) is -2.38. The van der Waals surface area contributed by atoms with E-state index in [0.29, 0.717) is 26.2 Å². The molecule has 1 aliphatic rings. The molecule has 1 fully saturated rings. The summed E-state index contributed by atoms with van der Waals surface area (Å²) in [6.07, 6.45) is 0. The molecule has 8 heteroatoms. The van der Waals surface area contributed by atoms with Gasteiger partial charge in [-0.2, -0.15) is 0 Å². The van der Waals surface area contributed by atoms with Gasteiger partial charge < -0.3 is 9.80 Å². The molecule has 0 spiro atoms. The third-order valence-electron chi connectivity index (χ3n) is 4.16. The van der Waals surface area contributed by atoms with E-state index in [9.17, 15) is 23.7 Å². The van der Waals surface area contributed by atoms with Gasteiger partial charge in [-0.05, 0) is 30.3 Å². The van der Waals surface area contributed by atoms with Gasteiger partial charge in [0.05, 0.1) is 4.92 Å². The second-order valence-corrected chi connectivity index (χ2v) is 5.68. The van der Waals surface area contributed by atoms with Crippen LogP contribution in [0.15, 0.2) is 42.5 Å². The number of hydrogen-bond donors (Lipinski definition) is 0. The van der Waals surface area contributed by atoms with E-state index < -0.39 is 16.6 Å². The quantitative estimate of drug-likeness (QED) is 0.633. The lowest BCUT2D eigenvalue weighted by atomic mass is 10.1. The number of nitrogens with zero attached hydrogens (tertiary/aromatic N) is 3. The van der Waals surface area contributed by atoms with E-state index >= 15 is 0 Å². The minimum absolute atomic E-state index is 0.0240. The van der Waals surface area contributed by atoms with Crippen LogP contribution in [0.25, 0.3) is 0 Å². The Bertz CT molecular complexity index is 803. The molecule has 2 aromatic carbocycles. The molecular weight excluding hydrogens is 332 g/mol. The fraction of sp³-hybridized carbons (Fsp3) is 0.235. The third-order valence-corrected chi connectivity index (χ3v) is 4.16. The first kappa shape index (κ1) is 16.8. The minimum atomic E-state index is -1.05. The number of nitro groups is 1. The van der Waals surface area contributed by atoms with E-state index in [4.69, 9.17) is 0 Å². The number of benzene rings is 2. The summed E-state index contributed by atoms with van der Waals surface area (Å²) in [6, 6.07) is 9.33. The molecule has 6 nitrogen and oxygen atoms in total. The van der Waals surface area contributed by atoms with Crippen molar-refractivity contribution in [2.45, 2.75) is 0 Å². The number of halogens is 2. The molecule has 1 aliphatic heterocycles. The number of hydrogen-bond acceptors (Lipinski definition) is 4. The van der Waals surface area contributed by atoms with Crippen LogP contribution in [-0.4, -0.2) is 41.9 Å². The second-order valence-electron chi connectivity index (χ2n) is 5.68. The number of rotatable bonds is 3. The molecule has 3 rings (SSSR count). The van der Waals surface area contributed by atoms with Gasteiger partial charge in [0.1, 0.15) is 0 Å². The summed E-state index contributed by atoms with van der Waals surface area (Å²) >= 11 is 0. The monoisotopic (exact) mass is 347 g/mol. The summed E-state index contributed by atoms with van der Waals surface area (Å²) in [4.78, 5) is 26.2. The highest BCUT2D eigenvalue weighted by Crippen LogP contribution is 2.21. The van der Waals surface area contributed by atoms with Crippen LogP contribution in [0, 0.1) is 21.7 Å². The van der Waals surface area contributed by atoms with Crippen molar-refractivity contribution < 1.29 is 18.5 Å². The van der Waals surface area contributed by atoms with E-state index in [1.165, 1.54) is 18.2 Å². The SMILES string of the molecule is O=C(c1ccc(F)c(F)c1)N1CCN(c2ccc([N+](=O)[O-])cc2)CC1. The highest BCUT2D eigenvalue weighted by Gasteiger charge is 2.23. The molecule has 0 saturated carbocycles.